The number of nitrogens with one attached hydrogen (secondary N) is 1. The Bertz CT molecular complexity index is 2110. The third kappa shape index (κ3) is 8.41. The molecule has 6 rings (SSSR count). The summed E-state index contributed by atoms with van der Waals surface area (Å²) in [5.41, 5.74) is 2.68. The van der Waals surface area contributed by atoms with E-state index in [1.165, 1.54) is 0 Å². The number of hydrogen-bond donors (Lipinski definition) is 1. The van der Waals surface area contributed by atoms with Crippen molar-refractivity contribution in [3.05, 3.63) is 63.0 Å². The van der Waals surface area contributed by atoms with Crippen LogP contribution in [0.25, 0.3) is 23.0 Å². The zero-order valence-electron chi connectivity index (χ0n) is 31.3. The van der Waals surface area contributed by atoms with Crippen molar-refractivity contribution in [2.45, 2.75) is 84.7 Å². The summed E-state index contributed by atoms with van der Waals surface area (Å²) < 4.78 is 0. The van der Waals surface area contributed by atoms with Crippen molar-refractivity contribution in [2.75, 3.05) is 41.9 Å². The van der Waals surface area contributed by atoms with Crippen LogP contribution in [-0.2, 0) is 28.9 Å². The molecule has 0 saturated carbocycles. The number of amides is 2. The molecular weight excluding hydrogens is 715 g/mol. The fraction of sp³-hybridized carbons (Fsp3) is 0.447. The molecule has 0 unspecified atom stereocenters. The normalized spacial score (nSPS) is 13.8. The molecule has 0 atom stereocenters. The maximum atomic E-state index is 14.4. The quantitative estimate of drug-likeness (QED) is 0.216. The summed E-state index contributed by atoms with van der Waals surface area (Å²) in [5.74, 6) is 1.49. The van der Waals surface area contributed by atoms with E-state index in [9.17, 15) is 14.4 Å². The Morgan fingerprint density at radius 1 is 0.774 bits per heavy atom. The lowest BCUT2D eigenvalue weighted by Gasteiger charge is -2.36. The number of nitrogens with zero attached hydrogens (tertiary/aromatic N) is 9. The van der Waals surface area contributed by atoms with Crippen molar-refractivity contribution >= 4 is 58.3 Å². The van der Waals surface area contributed by atoms with Crippen LogP contribution in [0.2, 0.25) is 10.0 Å². The van der Waals surface area contributed by atoms with Crippen molar-refractivity contribution in [2.24, 2.45) is 0 Å². The van der Waals surface area contributed by atoms with Crippen LogP contribution in [0.4, 0.5) is 17.5 Å². The van der Waals surface area contributed by atoms with E-state index in [0.717, 1.165) is 30.5 Å². The fourth-order valence-electron chi connectivity index (χ4n) is 6.73. The Labute approximate surface area is 319 Å². The Hall–Kier alpha value is -4.75. The molecule has 13 nitrogen and oxygen atoms in total. The van der Waals surface area contributed by atoms with E-state index in [2.05, 4.69) is 15.3 Å². The lowest BCUT2D eigenvalue weighted by molar-refractivity contribution is -0.121. The van der Waals surface area contributed by atoms with E-state index < -0.39 is 5.54 Å². The van der Waals surface area contributed by atoms with Crippen LogP contribution in [0, 0.1) is 0 Å². The van der Waals surface area contributed by atoms with Gasteiger partial charge in [0, 0.05) is 59.1 Å². The number of ketones is 1. The van der Waals surface area contributed by atoms with Gasteiger partial charge >= 0.3 is 0 Å². The van der Waals surface area contributed by atoms with E-state index in [4.69, 9.17) is 43.1 Å². The van der Waals surface area contributed by atoms with Gasteiger partial charge in [-0.15, -0.1) is 0 Å². The number of carbonyl (C=O) groups is 3. The van der Waals surface area contributed by atoms with Crippen LogP contribution in [0.3, 0.4) is 0 Å². The van der Waals surface area contributed by atoms with Crippen LogP contribution in [0.15, 0.2) is 30.5 Å². The minimum atomic E-state index is -0.739. The number of aryl methyl sites for hydroxylation is 2. The Morgan fingerprint density at radius 3 is 2.13 bits per heavy atom. The first kappa shape index (κ1) is 38.0. The molecule has 15 heteroatoms. The highest BCUT2D eigenvalue weighted by molar-refractivity contribution is 6.31. The summed E-state index contributed by atoms with van der Waals surface area (Å²) in [6.07, 6.45) is 4.85. The average molecular weight is 760 g/mol. The highest BCUT2D eigenvalue weighted by atomic mass is 35.5. The standard InChI is InChI=1S/C38H44Cl2N10O3/c1-37(2,3)47-30(52)19-48(7)35-23-10-9-11-24(23)43-34(45-35)27-17-22(40)18-29(42-27)50(38(4,5)6)31(53)20-49(8)36-32-25(12-13-28(32)51)44-33(46-36)26-16-21(39)14-15-41-26/h14-18H,9-13,19-20H2,1-8H3,(H,47,52). The topological polar surface area (TPSA) is 150 Å². The second-order valence-corrected chi connectivity index (χ2v) is 16.4. The van der Waals surface area contributed by atoms with Crippen LogP contribution in [0.5, 0.6) is 0 Å². The van der Waals surface area contributed by atoms with E-state index >= 15 is 0 Å². The van der Waals surface area contributed by atoms with Gasteiger partial charge in [-0.1, -0.05) is 23.2 Å². The number of halogens is 2. The first-order valence-corrected chi connectivity index (χ1v) is 18.3. The summed E-state index contributed by atoms with van der Waals surface area (Å²) >= 11 is 13.0. The maximum Gasteiger partial charge on any atom is 0.248 e. The molecule has 0 radical (unpaired) electrons. The summed E-state index contributed by atoms with van der Waals surface area (Å²) in [6, 6.07) is 6.64. The van der Waals surface area contributed by atoms with E-state index in [-0.39, 0.29) is 36.2 Å². The summed E-state index contributed by atoms with van der Waals surface area (Å²) in [4.78, 5) is 73.8. The third-order valence-corrected chi connectivity index (χ3v) is 9.29. The van der Waals surface area contributed by atoms with Crippen LogP contribution >= 0.6 is 23.2 Å². The molecule has 2 amide bonds. The number of likely N-dealkylation sites (N-methyl/N-ethyl adjacent to an activating group) is 2. The Morgan fingerprint density at radius 2 is 1.43 bits per heavy atom. The van der Waals surface area contributed by atoms with E-state index in [1.54, 1.807) is 47.3 Å². The first-order chi connectivity index (χ1) is 24.9. The Kier molecular flexibility index (Phi) is 10.5. The number of hydrogen-bond acceptors (Lipinski definition) is 11. The van der Waals surface area contributed by atoms with E-state index in [0.29, 0.717) is 74.6 Å². The van der Waals surface area contributed by atoms with Gasteiger partial charge < -0.3 is 15.1 Å². The first-order valence-electron chi connectivity index (χ1n) is 17.6. The fourth-order valence-corrected chi connectivity index (χ4v) is 7.09. The van der Waals surface area contributed by atoms with Crippen LogP contribution < -0.4 is 20.0 Å². The van der Waals surface area contributed by atoms with Gasteiger partial charge in [0.15, 0.2) is 17.4 Å². The smallest absolute Gasteiger partial charge is 0.248 e. The van der Waals surface area contributed by atoms with E-state index in [1.807, 2.05) is 53.5 Å². The zero-order chi connectivity index (χ0) is 38.4. The average Bonchev–Trinajstić information content (AvgIpc) is 3.68. The molecule has 2 aliphatic carbocycles. The summed E-state index contributed by atoms with van der Waals surface area (Å²) in [5, 5.41) is 3.84. The molecule has 53 heavy (non-hydrogen) atoms. The second kappa shape index (κ2) is 14.6. The summed E-state index contributed by atoms with van der Waals surface area (Å²) in [6.45, 7) is 11.5. The van der Waals surface area contributed by atoms with Crippen LogP contribution in [-0.4, -0.2) is 85.8 Å². The minimum absolute atomic E-state index is 0.0806. The van der Waals surface area contributed by atoms with Crippen LogP contribution in [0.1, 0.15) is 81.7 Å². The molecule has 0 fully saturated rings. The van der Waals surface area contributed by atoms with Gasteiger partial charge in [-0.25, -0.2) is 24.9 Å². The molecule has 0 aromatic carbocycles. The minimum Gasteiger partial charge on any atom is -0.350 e. The molecule has 4 aromatic heterocycles. The van der Waals surface area contributed by atoms with Crippen molar-refractivity contribution < 1.29 is 14.4 Å². The number of anilines is 3. The number of Topliss-reactive ketones (excluding diaryl/α,β-unsaturated/α-hetero) is 1. The lowest BCUT2D eigenvalue weighted by Crippen LogP contribution is -2.50. The van der Waals surface area contributed by atoms with Gasteiger partial charge in [0.1, 0.15) is 28.8 Å². The van der Waals surface area contributed by atoms with Crippen molar-refractivity contribution in [3.63, 3.8) is 0 Å². The highest BCUT2D eigenvalue weighted by Gasteiger charge is 2.34. The number of aromatic nitrogens is 6. The van der Waals surface area contributed by atoms with Crippen molar-refractivity contribution in [1.29, 1.82) is 0 Å². The summed E-state index contributed by atoms with van der Waals surface area (Å²) in [7, 11) is 3.56. The number of fused-ring (bicyclic) bond motifs is 2. The molecule has 1 N–H and O–H groups in total. The second-order valence-electron chi connectivity index (χ2n) is 15.6. The number of carbonyl (C=O) groups excluding carboxylic acids is 3. The van der Waals surface area contributed by atoms with Crippen molar-refractivity contribution in [1.82, 2.24) is 35.2 Å². The third-order valence-electron chi connectivity index (χ3n) is 8.84. The maximum absolute atomic E-state index is 14.4. The molecule has 0 saturated heterocycles. The molecule has 4 heterocycles. The van der Waals surface area contributed by atoms with Crippen molar-refractivity contribution in [3.8, 4) is 23.0 Å². The lowest BCUT2D eigenvalue weighted by atomic mass is 10.1. The van der Waals surface area contributed by atoms with Gasteiger partial charge in [-0.05, 0) is 91.5 Å². The zero-order valence-corrected chi connectivity index (χ0v) is 32.9. The highest BCUT2D eigenvalue weighted by Crippen LogP contribution is 2.35. The molecule has 0 bridgehead atoms. The van der Waals surface area contributed by atoms with Gasteiger partial charge in [-0.2, -0.15) is 0 Å². The number of pyridine rings is 2. The predicted octanol–water partition coefficient (Wildman–Crippen LogP) is 5.93. The van der Waals surface area contributed by atoms with Gasteiger partial charge in [0.25, 0.3) is 0 Å². The Balaban J connectivity index is 1.33. The SMILES string of the molecule is CN(CC(=O)NC(C)(C)C)c1nc(-c2cc(Cl)cc(N(C(=O)CN(C)c3nc(-c4cc(Cl)ccn4)nc4c3C(=O)CC4)C(C)(C)C)n2)nc2c1CCC2. The van der Waals surface area contributed by atoms with Gasteiger partial charge in [0.2, 0.25) is 11.8 Å². The predicted molar refractivity (Wildman–Crippen MR) is 207 cm³/mol. The molecule has 0 aliphatic heterocycles. The molecule has 4 aromatic rings. The molecule has 278 valence electrons. The largest absolute Gasteiger partial charge is 0.350 e. The van der Waals surface area contributed by atoms with Gasteiger partial charge in [0.05, 0.1) is 24.3 Å². The number of rotatable bonds is 9. The molecule has 2 aliphatic rings. The molecular formula is C38H44Cl2N10O3. The monoisotopic (exact) mass is 758 g/mol. The van der Waals surface area contributed by atoms with Gasteiger partial charge in [-0.3, -0.25) is 24.3 Å². The molecule has 0 spiro atoms.